The molecule has 0 fully saturated rings. The fourth-order valence-corrected chi connectivity index (χ4v) is 2.39. The number of aromatic nitrogens is 2. The van der Waals surface area contributed by atoms with Crippen LogP contribution in [0.15, 0.2) is 48.8 Å². The molecule has 0 spiro atoms. The number of anilines is 5. The average Bonchev–Trinajstić information content (AvgIpc) is 2.67. The molecular formula is C19H17F2N5O2. The summed E-state index contributed by atoms with van der Waals surface area (Å²) in [6.45, 7) is 1.99. The standard InChI is InChI=1S/C19H17F2N5O2/c1-2-28-19(27)11-4-3-5-13(8-11)25-17-16(22)18(24-10-23-17)26-15-7-6-12(20)9-14(15)21/h3-10H,2,22H2,1H3,(H2,23,24,25,26). The number of hydrogen-bond acceptors (Lipinski definition) is 7. The van der Waals surface area contributed by atoms with Crippen LogP contribution >= 0.6 is 0 Å². The Morgan fingerprint density at radius 2 is 1.86 bits per heavy atom. The molecule has 0 amide bonds. The van der Waals surface area contributed by atoms with E-state index in [-0.39, 0.29) is 29.6 Å². The summed E-state index contributed by atoms with van der Waals surface area (Å²) >= 11 is 0. The van der Waals surface area contributed by atoms with Crippen molar-refractivity contribution in [1.82, 2.24) is 9.97 Å². The SMILES string of the molecule is CCOC(=O)c1cccc(Nc2ncnc(Nc3ccc(F)cc3F)c2N)c1. The highest BCUT2D eigenvalue weighted by atomic mass is 19.1. The van der Waals surface area contributed by atoms with Gasteiger partial charge in [0.1, 0.15) is 23.6 Å². The van der Waals surface area contributed by atoms with E-state index in [1.165, 1.54) is 12.4 Å². The molecule has 3 rings (SSSR count). The van der Waals surface area contributed by atoms with Crippen molar-refractivity contribution in [2.45, 2.75) is 6.92 Å². The number of esters is 1. The normalized spacial score (nSPS) is 10.4. The third kappa shape index (κ3) is 4.32. The predicted octanol–water partition coefficient (Wildman–Crippen LogP) is 4.00. The maximum absolute atomic E-state index is 13.9. The molecule has 9 heteroatoms. The first-order valence-corrected chi connectivity index (χ1v) is 8.34. The molecule has 0 atom stereocenters. The van der Waals surface area contributed by atoms with Gasteiger partial charge in [0.15, 0.2) is 11.6 Å². The smallest absolute Gasteiger partial charge is 0.338 e. The van der Waals surface area contributed by atoms with Crippen LogP contribution in [0.3, 0.4) is 0 Å². The minimum atomic E-state index is -0.783. The molecule has 0 unspecified atom stereocenters. The number of carbonyl (C=O) groups is 1. The maximum atomic E-state index is 13.9. The van der Waals surface area contributed by atoms with Crippen LogP contribution in [-0.4, -0.2) is 22.5 Å². The van der Waals surface area contributed by atoms with Crippen molar-refractivity contribution in [3.8, 4) is 0 Å². The molecule has 0 bridgehead atoms. The number of nitrogens with one attached hydrogen (secondary N) is 2. The number of nitrogens with two attached hydrogens (primary N) is 1. The Bertz CT molecular complexity index is 1010. The Hall–Kier alpha value is -3.75. The summed E-state index contributed by atoms with van der Waals surface area (Å²) < 4.78 is 31.9. The van der Waals surface area contributed by atoms with Crippen LogP contribution < -0.4 is 16.4 Å². The van der Waals surface area contributed by atoms with E-state index in [0.29, 0.717) is 11.3 Å². The third-order valence-corrected chi connectivity index (χ3v) is 3.70. The van der Waals surface area contributed by atoms with Gasteiger partial charge >= 0.3 is 5.97 Å². The van der Waals surface area contributed by atoms with E-state index in [1.54, 1.807) is 31.2 Å². The molecule has 28 heavy (non-hydrogen) atoms. The lowest BCUT2D eigenvalue weighted by atomic mass is 10.2. The average molecular weight is 385 g/mol. The highest BCUT2D eigenvalue weighted by Crippen LogP contribution is 2.29. The molecule has 0 aliphatic rings. The summed E-state index contributed by atoms with van der Waals surface area (Å²) in [5.41, 5.74) is 7.12. The maximum Gasteiger partial charge on any atom is 0.338 e. The lowest BCUT2D eigenvalue weighted by Gasteiger charge is -2.13. The van der Waals surface area contributed by atoms with Gasteiger partial charge in [0.2, 0.25) is 0 Å². The van der Waals surface area contributed by atoms with Gasteiger partial charge in [-0.1, -0.05) is 6.07 Å². The van der Waals surface area contributed by atoms with Crippen LogP contribution in [0.4, 0.5) is 37.5 Å². The number of benzene rings is 2. The van der Waals surface area contributed by atoms with Gasteiger partial charge in [-0.2, -0.15) is 0 Å². The molecule has 144 valence electrons. The van der Waals surface area contributed by atoms with E-state index in [2.05, 4.69) is 20.6 Å². The zero-order valence-electron chi connectivity index (χ0n) is 14.9. The van der Waals surface area contributed by atoms with E-state index >= 15 is 0 Å². The summed E-state index contributed by atoms with van der Waals surface area (Å²) in [5.74, 6) is -1.53. The number of carbonyl (C=O) groups excluding carboxylic acids is 1. The molecule has 4 N–H and O–H groups in total. The number of rotatable bonds is 6. The van der Waals surface area contributed by atoms with Gasteiger partial charge < -0.3 is 21.1 Å². The molecule has 0 radical (unpaired) electrons. The highest BCUT2D eigenvalue weighted by molar-refractivity contribution is 5.91. The molecule has 1 aromatic heterocycles. The fourth-order valence-electron chi connectivity index (χ4n) is 2.39. The zero-order chi connectivity index (χ0) is 20.1. The van der Waals surface area contributed by atoms with Crippen LogP contribution in [0.5, 0.6) is 0 Å². The monoisotopic (exact) mass is 385 g/mol. The highest BCUT2D eigenvalue weighted by Gasteiger charge is 2.12. The Balaban J connectivity index is 1.83. The molecule has 7 nitrogen and oxygen atoms in total. The Kier molecular flexibility index (Phi) is 5.64. The first kappa shape index (κ1) is 19.0. The van der Waals surface area contributed by atoms with E-state index in [4.69, 9.17) is 10.5 Å². The Morgan fingerprint density at radius 3 is 2.57 bits per heavy atom. The topological polar surface area (TPSA) is 102 Å². The van der Waals surface area contributed by atoms with Crippen LogP contribution in [0, 0.1) is 11.6 Å². The van der Waals surface area contributed by atoms with Crippen LogP contribution in [0.2, 0.25) is 0 Å². The van der Waals surface area contributed by atoms with Gasteiger partial charge in [-0.25, -0.2) is 23.5 Å². The second-order valence-corrected chi connectivity index (χ2v) is 5.66. The summed E-state index contributed by atoms with van der Waals surface area (Å²) in [4.78, 5) is 19.9. The van der Waals surface area contributed by atoms with Crippen molar-refractivity contribution >= 4 is 34.7 Å². The van der Waals surface area contributed by atoms with E-state index in [9.17, 15) is 13.6 Å². The second kappa shape index (κ2) is 8.30. The summed E-state index contributed by atoms with van der Waals surface area (Å²) in [6, 6.07) is 9.71. The minimum Gasteiger partial charge on any atom is -0.462 e. The molecule has 0 saturated heterocycles. The molecule has 3 aromatic rings. The Labute approximate surface area is 159 Å². The molecule has 0 aliphatic carbocycles. The van der Waals surface area contributed by atoms with Crippen molar-refractivity contribution in [3.05, 3.63) is 66.0 Å². The number of nitrogens with zero attached hydrogens (tertiary/aromatic N) is 2. The van der Waals surface area contributed by atoms with Gasteiger partial charge in [-0.05, 0) is 37.3 Å². The van der Waals surface area contributed by atoms with Crippen LogP contribution in [0.25, 0.3) is 0 Å². The zero-order valence-corrected chi connectivity index (χ0v) is 14.9. The predicted molar refractivity (Wildman–Crippen MR) is 102 cm³/mol. The summed E-state index contributed by atoms with van der Waals surface area (Å²) in [7, 11) is 0. The molecule has 1 heterocycles. The number of halogens is 2. The molecule has 2 aromatic carbocycles. The van der Waals surface area contributed by atoms with Crippen molar-refractivity contribution in [1.29, 1.82) is 0 Å². The molecular weight excluding hydrogens is 368 g/mol. The van der Waals surface area contributed by atoms with E-state index in [1.807, 2.05) is 0 Å². The quantitative estimate of drug-likeness (QED) is 0.551. The summed E-state index contributed by atoms with van der Waals surface area (Å²) in [5, 5.41) is 5.69. The van der Waals surface area contributed by atoms with Crippen molar-refractivity contribution in [2.75, 3.05) is 23.0 Å². The van der Waals surface area contributed by atoms with Crippen LogP contribution in [0.1, 0.15) is 17.3 Å². The van der Waals surface area contributed by atoms with Gasteiger partial charge in [-0.3, -0.25) is 0 Å². The van der Waals surface area contributed by atoms with E-state index < -0.39 is 17.6 Å². The minimum absolute atomic E-state index is 0.0158. The van der Waals surface area contributed by atoms with E-state index in [0.717, 1.165) is 12.1 Å². The third-order valence-electron chi connectivity index (χ3n) is 3.70. The first-order valence-electron chi connectivity index (χ1n) is 8.34. The van der Waals surface area contributed by atoms with Gasteiger partial charge in [0.05, 0.1) is 17.9 Å². The Morgan fingerprint density at radius 1 is 1.11 bits per heavy atom. The van der Waals surface area contributed by atoms with Crippen molar-refractivity contribution in [3.63, 3.8) is 0 Å². The summed E-state index contributed by atoms with van der Waals surface area (Å²) in [6.07, 6.45) is 1.23. The lowest BCUT2D eigenvalue weighted by molar-refractivity contribution is 0.0526. The second-order valence-electron chi connectivity index (χ2n) is 5.66. The molecule has 0 aliphatic heterocycles. The van der Waals surface area contributed by atoms with Crippen molar-refractivity contribution in [2.24, 2.45) is 0 Å². The van der Waals surface area contributed by atoms with Gasteiger partial charge in [-0.15, -0.1) is 0 Å². The largest absolute Gasteiger partial charge is 0.462 e. The number of hydrogen-bond donors (Lipinski definition) is 3. The van der Waals surface area contributed by atoms with Gasteiger partial charge in [0.25, 0.3) is 0 Å². The molecule has 0 saturated carbocycles. The van der Waals surface area contributed by atoms with Crippen LogP contribution in [-0.2, 0) is 4.74 Å². The van der Waals surface area contributed by atoms with Gasteiger partial charge in [0, 0.05) is 11.8 Å². The first-order chi connectivity index (χ1) is 13.5. The lowest BCUT2D eigenvalue weighted by Crippen LogP contribution is -2.07. The number of nitrogen functional groups attached to an aromatic ring is 1. The number of ether oxygens (including phenoxy) is 1. The van der Waals surface area contributed by atoms with Crippen molar-refractivity contribution < 1.29 is 18.3 Å². The fraction of sp³-hybridized carbons (Fsp3) is 0.105.